The Balaban J connectivity index is 2.06. The van der Waals surface area contributed by atoms with E-state index in [-0.39, 0.29) is 12.4 Å². The first-order chi connectivity index (χ1) is 10.1. The van der Waals surface area contributed by atoms with Crippen LogP contribution in [-0.4, -0.2) is 19.0 Å². The van der Waals surface area contributed by atoms with E-state index in [1.165, 1.54) is 19.2 Å². The van der Waals surface area contributed by atoms with E-state index in [0.29, 0.717) is 22.8 Å². The van der Waals surface area contributed by atoms with Gasteiger partial charge in [0.15, 0.2) is 11.5 Å². The summed E-state index contributed by atoms with van der Waals surface area (Å²) in [6.07, 6.45) is -1.34. The second-order valence-corrected chi connectivity index (χ2v) is 4.53. The summed E-state index contributed by atoms with van der Waals surface area (Å²) in [6, 6.07) is 5.93. The molecule has 2 aromatic rings. The molecule has 1 atom stereocenters. The number of aliphatic hydroxyl groups excluding tert-OH is 1. The maximum Gasteiger partial charge on any atom is 0.231 e. The minimum Gasteiger partial charge on any atom is -0.493 e. The molecule has 0 radical (unpaired) electrons. The largest absolute Gasteiger partial charge is 0.493 e. The monoisotopic (exact) mass is 294 g/mol. The van der Waals surface area contributed by atoms with E-state index >= 15 is 0 Å². The Bertz CT molecular complexity index is 688. The van der Waals surface area contributed by atoms with Gasteiger partial charge in [-0.1, -0.05) is 0 Å². The Kier molecular flexibility index (Phi) is 3.39. The molecule has 21 heavy (non-hydrogen) atoms. The number of fused-ring (bicyclic) bond motifs is 1. The van der Waals surface area contributed by atoms with E-state index in [0.717, 1.165) is 18.2 Å². The van der Waals surface area contributed by atoms with E-state index in [4.69, 9.17) is 14.2 Å². The predicted molar refractivity (Wildman–Crippen MR) is 69.5 cm³/mol. The number of hydrogen-bond acceptors (Lipinski definition) is 4. The molecule has 0 aromatic heterocycles. The number of ether oxygens (including phenoxy) is 3. The second kappa shape index (κ2) is 5.21. The Labute approximate surface area is 119 Å². The molecule has 1 unspecified atom stereocenters. The Morgan fingerprint density at radius 2 is 2.00 bits per heavy atom. The van der Waals surface area contributed by atoms with Crippen molar-refractivity contribution < 1.29 is 28.1 Å². The quantitative estimate of drug-likeness (QED) is 0.945. The van der Waals surface area contributed by atoms with E-state index in [9.17, 15) is 13.9 Å². The zero-order chi connectivity index (χ0) is 15.0. The zero-order valence-corrected chi connectivity index (χ0v) is 11.1. The molecule has 1 N–H and O–H groups in total. The zero-order valence-electron chi connectivity index (χ0n) is 11.1. The lowest BCUT2D eigenvalue weighted by atomic mass is 10.00. The number of rotatable bonds is 3. The second-order valence-electron chi connectivity index (χ2n) is 4.53. The third-order valence-electron chi connectivity index (χ3n) is 3.25. The summed E-state index contributed by atoms with van der Waals surface area (Å²) in [5.74, 6) is -0.150. The van der Waals surface area contributed by atoms with Crippen molar-refractivity contribution in [1.82, 2.24) is 0 Å². The van der Waals surface area contributed by atoms with Gasteiger partial charge in [-0.25, -0.2) is 8.78 Å². The highest BCUT2D eigenvalue weighted by molar-refractivity contribution is 5.56. The fraction of sp³-hybridized carbons (Fsp3) is 0.200. The van der Waals surface area contributed by atoms with Crippen LogP contribution in [0, 0.1) is 11.6 Å². The first-order valence-corrected chi connectivity index (χ1v) is 6.20. The van der Waals surface area contributed by atoms with Crippen molar-refractivity contribution >= 4 is 0 Å². The van der Waals surface area contributed by atoms with Crippen LogP contribution in [0.4, 0.5) is 8.78 Å². The fourth-order valence-corrected chi connectivity index (χ4v) is 2.21. The van der Waals surface area contributed by atoms with Gasteiger partial charge in [-0.3, -0.25) is 0 Å². The van der Waals surface area contributed by atoms with Crippen molar-refractivity contribution in [1.29, 1.82) is 0 Å². The third kappa shape index (κ3) is 2.38. The lowest BCUT2D eigenvalue weighted by Crippen LogP contribution is -2.04. The molecule has 1 aliphatic heterocycles. The molecule has 4 nitrogen and oxygen atoms in total. The molecule has 0 fully saturated rings. The summed E-state index contributed by atoms with van der Waals surface area (Å²) in [7, 11) is 1.44. The van der Waals surface area contributed by atoms with Crippen LogP contribution in [0.1, 0.15) is 17.2 Å². The van der Waals surface area contributed by atoms with Gasteiger partial charge < -0.3 is 19.3 Å². The number of aliphatic hydroxyl groups is 1. The van der Waals surface area contributed by atoms with Crippen molar-refractivity contribution in [2.45, 2.75) is 6.10 Å². The molecular weight excluding hydrogens is 282 g/mol. The normalized spacial score (nSPS) is 14.1. The molecule has 0 saturated carbocycles. The first-order valence-electron chi connectivity index (χ1n) is 6.20. The minimum absolute atomic E-state index is 0.0412. The van der Waals surface area contributed by atoms with Crippen LogP contribution in [0.2, 0.25) is 0 Å². The summed E-state index contributed by atoms with van der Waals surface area (Å²) >= 11 is 0. The topological polar surface area (TPSA) is 47.9 Å². The summed E-state index contributed by atoms with van der Waals surface area (Å²) in [6.45, 7) is 0.0412. The lowest BCUT2D eigenvalue weighted by molar-refractivity contribution is 0.171. The minimum atomic E-state index is -1.34. The average molecular weight is 294 g/mol. The summed E-state index contributed by atoms with van der Waals surface area (Å²) in [5.41, 5.74) is 0.163. The average Bonchev–Trinajstić information content (AvgIpc) is 2.96. The van der Waals surface area contributed by atoms with Crippen molar-refractivity contribution in [2.75, 3.05) is 13.9 Å². The standard InChI is InChI=1S/C15H12F2O4/c1-19-12-4-8(5-13-15(12)21-7-20-13)14(18)10-6-9(16)2-3-11(10)17/h2-6,14,18H,7H2,1H3. The van der Waals surface area contributed by atoms with Crippen molar-refractivity contribution in [3.05, 3.63) is 53.1 Å². The Hall–Kier alpha value is -2.34. The molecule has 1 aliphatic rings. The molecule has 6 heteroatoms. The van der Waals surface area contributed by atoms with Crippen LogP contribution >= 0.6 is 0 Å². The molecule has 3 rings (SSSR count). The SMILES string of the molecule is COc1cc(C(O)c2cc(F)ccc2F)cc2c1OCO2. The Morgan fingerprint density at radius 1 is 1.19 bits per heavy atom. The highest BCUT2D eigenvalue weighted by Crippen LogP contribution is 2.43. The molecule has 1 heterocycles. The van der Waals surface area contributed by atoms with Crippen LogP contribution in [0.15, 0.2) is 30.3 Å². The van der Waals surface area contributed by atoms with Gasteiger partial charge >= 0.3 is 0 Å². The van der Waals surface area contributed by atoms with Crippen LogP contribution in [0.25, 0.3) is 0 Å². The molecule has 0 aliphatic carbocycles. The van der Waals surface area contributed by atoms with Crippen molar-refractivity contribution in [3.63, 3.8) is 0 Å². The number of hydrogen-bond donors (Lipinski definition) is 1. The number of methoxy groups -OCH3 is 1. The summed E-state index contributed by atoms with van der Waals surface area (Å²) < 4.78 is 42.6. The van der Waals surface area contributed by atoms with Crippen molar-refractivity contribution in [2.24, 2.45) is 0 Å². The predicted octanol–water partition coefficient (Wildman–Crippen LogP) is 2.78. The Morgan fingerprint density at radius 3 is 2.76 bits per heavy atom. The van der Waals surface area contributed by atoms with Gasteiger partial charge in [-0.2, -0.15) is 0 Å². The highest BCUT2D eigenvalue weighted by atomic mass is 19.1. The number of halogens is 2. The smallest absolute Gasteiger partial charge is 0.231 e. The van der Waals surface area contributed by atoms with E-state index in [1.807, 2.05) is 0 Å². The maximum atomic E-state index is 13.7. The summed E-state index contributed by atoms with van der Waals surface area (Å²) in [4.78, 5) is 0. The van der Waals surface area contributed by atoms with E-state index < -0.39 is 17.7 Å². The summed E-state index contributed by atoms with van der Waals surface area (Å²) in [5, 5.41) is 10.3. The highest BCUT2D eigenvalue weighted by Gasteiger charge is 2.24. The van der Waals surface area contributed by atoms with Gasteiger partial charge in [0, 0.05) is 5.56 Å². The lowest BCUT2D eigenvalue weighted by Gasteiger charge is -2.15. The number of benzene rings is 2. The van der Waals surface area contributed by atoms with Crippen LogP contribution in [0.3, 0.4) is 0 Å². The molecule has 2 aromatic carbocycles. The van der Waals surface area contributed by atoms with Crippen LogP contribution in [0.5, 0.6) is 17.2 Å². The molecule has 110 valence electrons. The molecule has 0 spiro atoms. The van der Waals surface area contributed by atoms with Crippen LogP contribution in [-0.2, 0) is 0 Å². The third-order valence-corrected chi connectivity index (χ3v) is 3.25. The first kappa shape index (κ1) is 13.6. The van der Waals surface area contributed by atoms with Gasteiger partial charge in [0.25, 0.3) is 0 Å². The van der Waals surface area contributed by atoms with Gasteiger partial charge in [0.05, 0.1) is 7.11 Å². The van der Waals surface area contributed by atoms with Gasteiger partial charge in [0.2, 0.25) is 12.5 Å². The molecule has 0 bridgehead atoms. The molecule has 0 saturated heterocycles. The van der Waals surface area contributed by atoms with Gasteiger partial charge in [-0.05, 0) is 35.9 Å². The molecular formula is C15H12F2O4. The fourth-order valence-electron chi connectivity index (χ4n) is 2.21. The van der Waals surface area contributed by atoms with Crippen LogP contribution < -0.4 is 14.2 Å². The molecule has 0 amide bonds. The van der Waals surface area contributed by atoms with E-state index in [2.05, 4.69) is 0 Å². The van der Waals surface area contributed by atoms with Gasteiger partial charge in [-0.15, -0.1) is 0 Å². The van der Waals surface area contributed by atoms with Crippen molar-refractivity contribution in [3.8, 4) is 17.2 Å². The van der Waals surface area contributed by atoms with Gasteiger partial charge in [0.1, 0.15) is 17.7 Å². The maximum absolute atomic E-state index is 13.7. The van der Waals surface area contributed by atoms with E-state index in [1.54, 1.807) is 0 Å².